The highest BCUT2D eigenvalue weighted by molar-refractivity contribution is 8.00. The van der Waals surface area contributed by atoms with E-state index in [4.69, 9.17) is 5.73 Å². The summed E-state index contributed by atoms with van der Waals surface area (Å²) in [4.78, 5) is 1.16. The third kappa shape index (κ3) is 2.77. The molecule has 1 atom stereocenters. The number of halogens is 1. The summed E-state index contributed by atoms with van der Waals surface area (Å²) in [6.07, 6.45) is 5.21. The average molecular weight is 239 g/mol. The van der Waals surface area contributed by atoms with Crippen LogP contribution in [0.2, 0.25) is 0 Å². The van der Waals surface area contributed by atoms with Crippen molar-refractivity contribution in [3.8, 4) is 0 Å². The second kappa shape index (κ2) is 5.19. The van der Waals surface area contributed by atoms with Gasteiger partial charge in [-0.15, -0.1) is 11.8 Å². The topological polar surface area (TPSA) is 26.0 Å². The van der Waals surface area contributed by atoms with Gasteiger partial charge in [0.05, 0.1) is 0 Å². The van der Waals surface area contributed by atoms with Gasteiger partial charge in [0.2, 0.25) is 0 Å². The van der Waals surface area contributed by atoms with Gasteiger partial charge < -0.3 is 5.73 Å². The molecule has 1 aromatic rings. The number of benzene rings is 1. The van der Waals surface area contributed by atoms with E-state index in [0.29, 0.717) is 5.25 Å². The van der Waals surface area contributed by atoms with Crippen molar-refractivity contribution >= 4 is 11.8 Å². The maximum Gasteiger partial charge on any atom is 0.123 e. The third-order valence-corrected chi connectivity index (χ3v) is 4.49. The molecule has 1 aliphatic carbocycles. The molecule has 2 N–H and O–H groups in total. The van der Waals surface area contributed by atoms with Gasteiger partial charge in [0.15, 0.2) is 0 Å². The van der Waals surface area contributed by atoms with Crippen LogP contribution in [0.15, 0.2) is 23.1 Å². The molecule has 1 aliphatic rings. The summed E-state index contributed by atoms with van der Waals surface area (Å²) >= 11 is 1.87. The van der Waals surface area contributed by atoms with Crippen LogP contribution in [-0.4, -0.2) is 5.25 Å². The van der Waals surface area contributed by atoms with Crippen molar-refractivity contribution in [1.82, 2.24) is 0 Å². The quantitative estimate of drug-likeness (QED) is 0.866. The molecule has 3 heteroatoms. The van der Waals surface area contributed by atoms with E-state index in [0.717, 1.165) is 10.5 Å². The molecule has 0 radical (unpaired) electrons. The molecule has 0 saturated heterocycles. The van der Waals surface area contributed by atoms with Gasteiger partial charge in [-0.25, -0.2) is 4.39 Å². The van der Waals surface area contributed by atoms with Crippen LogP contribution in [0.4, 0.5) is 4.39 Å². The van der Waals surface area contributed by atoms with Crippen molar-refractivity contribution in [1.29, 1.82) is 0 Å². The van der Waals surface area contributed by atoms with Crippen molar-refractivity contribution in [3.05, 3.63) is 29.6 Å². The van der Waals surface area contributed by atoms with Gasteiger partial charge in [-0.2, -0.15) is 0 Å². The van der Waals surface area contributed by atoms with Crippen molar-refractivity contribution in [2.45, 2.75) is 48.8 Å². The second-order valence-corrected chi connectivity index (χ2v) is 5.84. The minimum Gasteiger partial charge on any atom is -0.324 e. The van der Waals surface area contributed by atoms with Gasteiger partial charge in [-0.3, -0.25) is 0 Å². The minimum atomic E-state index is -0.192. The van der Waals surface area contributed by atoms with E-state index in [-0.39, 0.29) is 11.9 Å². The zero-order valence-corrected chi connectivity index (χ0v) is 10.4. The number of nitrogens with two attached hydrogens (primary N) is 1. The first-order valence-corrected chi connectivity index (χ1v) is 6.76. The molecule has 0 aromatic heterocycles. The highest BCUT2D eigenvalue weighted by atomic mass is 32.2. The molecule has 88 valence electrons. The third-order valence-electron chi connectivity index (χ3n) is 3.06. The van der Waals surface area contributed by atoms with Crippen LogP contribution in [0.1, 0.15) is 44.2 Å². The lowest BCUT2D eigenvalue weighted by molar-refractivity contribution is 0.619. The fraction of sp³-hybridized carbons (Fsp3) is 0.538. The molecule has 1 fully saturated rings. The van der Waals surface area contributed by atoms with Crippen molar-refractivity contribution in [2.75, 3.05) is 0 Å². The van der Waals surface area contributed by atoms with E-state index >= 15 is 0 Å². The number of rotatable bonds is 3. The van der Waals surface area contributed by atoms with Crippen molar-refractivity contribution in [2.24, 2.45) is 5.73 Å². The van der Waals surface area contributed by atoms with Crippen LogP contribution in [0, 0.1) is 5.82 Å². The average Bonchev–Trinajstić information content (AvgIpc) is 2.73. The lowest BCUT2D eigenvalue weighted by atomic mass is 10.1. The summed E-state index contributed by atoms with van der Waals surface area (Å²) in [5.74, 6) is -0.192. The predicted octanol–water partition coefficient (Wildman–Crippen LogP) is 3.88. The molecular formula is C13H18FNS. The Morgan fingerprint density at radius 3 is 2.69 bits per heavy atom. The first-order valence-electron chi connectivity index (χ1n) is 5.88. The summed E-state index contributed by atoms with van der Waals surface area (Å²) in [7, 11) is 0. The molecule has 1 aromatic carbocycles. The number of hydrogen-bond acceptors (Lipinski definition) is 2. The molecular weight excluding hydrogens is 221 g/mol. The summed E-state index contributed by atoms with van der Waals surface area (Å²) in [6, 6.07) is 4.88. The molecule has 2 rings (SSSR count). The lowest BCUT2D eigenvalue weighted by Gasteiger charge is -2.15. The number of hydrogen-bond donors (Lipinski definition) is 1. The number of thioether (sulfide) groups is 1. The molecule has 1 nitrogen and oxygen atoms in total. The van der Waals surface area contributed by atoms with E-state index < -0.39 is 0 Å². The van der Waals surface area contributed by atoms with Crippen LogP contribution >= 0.6 is 11.8 Å². The van der Waals surface area contributed by atoms with Crippen LogP contribution in [0.25, 0.3) is 0 Å². The summed E-state index contributed by atoms with van der Waals surface area (Å²) < 4.78 is 13.2. The normalized spacial score (nSPS) is 18.9. The molecule has 1 saturated carbocycles. The highest BCUT2D eigenvalue weighted by Gasteiger charge is 2.18. The second-order valence-electron chi connectivity index (χ2n) is 4.50. The van der Waals surface area contributed by atoms with E-state index in [2.05, 4.69) is 0 Å². The molecule has 0 bridgehead atoms. The molecule has 0 spiro atoms. The van der Waals surface area contributed by atoms with E-state index in [9.17, 15) is 4.39 Å². The zero-order chi connectivity index (χ0) is 11.5. The van der Waals surface area contributed by atoms with E-state index in [1.807, 2.05) is 24.8 Å². The Morgan fingerprint density at radius 2 is 2.06 bits per heavy atom. The monoisotopic (exact) mass is 239 g/mol. The lowest BCUT2D eigenvalue weighted by Crippen LogP contribution is -2.08. The van der Waals surface area contributed by atoms with Crippen molar-refractivity contribution < 1.29 is 4.39 Å². The molecule has 1 unspecified atom stereocenters. The Hall–Kier alpha value is -0.540. The summed E-state index contributed by atoms with van der Waals surface area (Å²) in [5.41, 5.74) is 6.82. The van der Waals surface area contributed by atoms with Gasteiger partial charge >= 0.3 is 0 Å². The van der Waals surface area contributed by atoms with Gasteiger partial charge in [-0.05, 0) is 43.5 Å². The first kappa shape index (κ1) is 11.9. The van der Waals surface area contributed by atoms with Crippen LogP contribution < -0.4 is 5.73 Å². The van der Waals surface area contributed by atoms with Crippen LogP contribution in [-0.2, 0) is 0 Å². The van der Waals surface area contributed by atoms with Gasteiger partial charge in [0.25, 0.3) is 0 Å². The van der Waals surface area contributed by atoms with E-state index in [1.165, 1.54) is 31.7 Å². The maximum atomic E-state index is 13.2. The Morgan fingerprint density at radius 1 is 1.38 bits per heavy atom. The largest absolute Gasteiger partial charge is 0.324 e. The molecule has 0 heterocycles. The van der Waals surface area contributed by atoms with Crippen molar-refractivity contribution in [3.63, 3.8) is 0 Å². The van der Waals surface area contributed by atoms with Gasteiger partial charge in [0, 0.05) is 16.2 Å². The standard InChI is InChI=1S/C13H18FNS/c1-9(15)12-8-10(14)6-7-13(12)16-11-4-2-3-5-11/h6-9,11H,2-5,15H2,1H3. The maximum absolute atomic E-state index is 13.2. The smallest absolute Gasteiger partial charge is 0.123 e. The summed E-state index contributed by atoms with van der Waals surface area (Å²) in [6.45, 7) is 1.91. The Kier molecular flexibility index (Phi) is 3.87. The first-order chi connectivity index (χ1) is 7.66. The van der Waals surface area contributed by atoms with E-state index in [1.54, 1.807) is 6.07 Å². The Bertz CT molecular complexity index is 359. The van der Waals surface area contributed by atoms with Gasteiger partial charge in [0.1, 0.15) is 5.82 Å². The fourth-order valence-electron chi connectivity index (χ4n) is 2.17. The van der Waals surface area contributed by atoms with Crippen LogP contribution in [0.3, 0.4) is 0 Å². The Labute approximate surface area is 101 Å². The fourth-order valence-corrected chi connectivity index (χ4v) is 3.62. The summed E-state index contributed by atoms with van der Waals surface area (Å²) in [5, 5.41) is 0.697. The molecule has 16 heavy (non-hydrogen) atoms. The Balaban J connectivity index is 2.18. The zero-order valence-electron chi connectivity index (χ0n) is 9.58. The minimum absolute atomic E-state index is 0.0976. The van der Waals surface area contributed by atoms with Crippen LogP contribution in [0.5, 0.6) is 0 Å². The molecule has 0 aliphatic heterocycles. The highest BCUT2D eigenvalue weighted by Crippen LogP contribution is 2.37. The van der Waals surface area contributed by atoms with Gasteiger partial charge in [-0.1, -0.05) is 12.8 Å². The SMILES string of the molecule is CC(N)c1cc(F)ccc1SC1CCCC1. The predicted molar refractivity (Wildman–Crippen MR) is 67.1 cm³/mol. The molecule has 0 amide bonds.